The van der Waals surface area contributed by atoms with Gasteiger partial charge in [0.1, 0.15) is 19.7 Å². The van der Waals surface area contributed by atoms with E-state index in [0.717, 1.165) is 37.7 Å². The van der Waals surface area contributed by atoms with Crippen molar-refractivity contribution in [2.75, 3.05) is 47.5 Å². The lowest BCUT2D eigenvalue weighted by Gasteiger charge is -2.24. The van der Waals surface area contributed by atoms with E-state index < -0.39 is 24.4 Å². The zero-order valence-electron chi connectivity index (χ0n) is 19.1. The number of alkyl halides is 3. The normalized spacial score (nSPS) is 14.3. The molecule has 0 saturated carbocycles. The van der Waals surface area contributed by atoms with E-state index in [1.807, 2.05) is 41.2 Å². The van der Waals surface area contributed by atoms with Gasteiger partial charge in [0.25, 0.3) is 0 Å². The average molecular weight is 531 g/mol. The quantitative estimate of drug-likeness (QED) is 0.138. The minimum atomic E-state index is -6.09. The Morgan fingerprint density at radius 1 is 1.15 bits per heavy atom. The fraction of sp³-hybridized carbons (Fsp3) is 0.579. The first-order valence-corrected chi connectivity index (χ1v) is 13.4. The fourth-order valence-electron chi connectivity index (χ4n) is 2.90. The van der Waals surface area contributed by atoms with E-state index in [-0.39, 0.29) is 12.5 Å². The van der Waals surface area contributed by atoms with Crippen molar-refractivity contribution in [3.05, 3.63) is 35.9 Å². The van der Waals surface area contributed by atoms with Gasteiger partial charge in [0, 0.05) is 27.4 Å². The zero-order chi connectivity index (χ0) is 25.8. The van der Waals surface area contributed by atoms with Crippen molar-refractivity contribution >= 4 is 31.2 Å². The van der Waals surface area contributed by atoms with E-state index >= 15 is 0 Å². The van der Waals surface area contributed by atoms with Crippen LogP contribution >= 0.6 is 0 Å². The van der Waals surface area contributed by atoms with Crippen LogP contribution in [0.5, 0.6) is 0 Å². The Hall–Kier alpha value is -2.04. The number of hydrogen-bond donors (Lipinski definition) is 0. The lowest BCUT2D eigenvalue weighted by molar-refractivity contribution is -0.504. The molecule has 0 N–H and O–H groups in total. The maximum absolute atomic E-state index is 12.0. The van der Waals surface area contributed by atoms with Crippen molar-refractivity contribution in [1.82, 2.24) is 4.90 Å². The summed E-state index contributed by atoms with van der Waals surface area (Å²) in [4.78, 5) is 14.2. The molecule has 0 unspecified atom stereocenters. The number of nitrogens with zero attached hydrogens (tertiary/aromatic N) is 2. The predicted molar refractivity (Wildman–Crippen MR) is 116 cm³/mol. The highest BCUT2D eigenvalue weighted by atomic mass is 32.2. The third-order valence-electron chi connectivity index (χ3n) is 4.72. The minimum absolute atomic E-state index is 0.212. The van der Waals surface area contributed by atoms with Gasteiger partial charge in [0.2, 0.25) is 6.34 Å². The van der Waals surface area contributed by atoms with Crippen LogP contribution in [-0.2, 0) is 39.5 Å². The van der Waals surface area contributed by atoms with Crippen LogP contribution in [0.2, 0.25) is 6.04 Å². The molecule has 1 aliphatic heterocycles. The van der Waals surface area contributed by atoms with Crippen molar-refractivity contribution in [2.24, 2.45) is 0 Å². The maximum Gasteiger partial charge on any atom is 0.500 e. The van der Waals surface area contributed by atoms with Crippen LogP contribution in [0, 0.1) is 0 Å². The van der Waals surface area contributed by atoms with E-state index in [2.05, 4.69) is 4.90 Å². The van der Waals surface area contributed by atoms with Crippen LogP contribution in [0.3, 0.4) is 0 Å². The van der Waals surface area contributed by atoms with Gasteiger partial charge in [-0.2, -0.15) is 13.2 Å². The molecule has 0 bridgehead atoms. The van der Waals surface area contributed by atoms with Crippen LogP contribution in [0.4, 0.5) is 13.2 Å². The lowest BCUT2D eigenvalue weighted by Crippen LogP contribution is -2.43. The van der Waals surface area contributed by atoms with Crippen LogP contribution in [0.1, 0.15) is 12.0 Å². The molecule has 1 aromatic rings. The summed E-state index contributed by atoms with van der Waals surface area (Å²) < 4.78 is 82.5. The summed E-state index contributed by atoms with van der Waals surface area (Å²) in [5.41, 5.74) is -4.65. The van der Waals surface area contributed by atoms with Crippen LogP contribution in [0.25, 0.3) is 0 Å². The van der Waals surface area contributed by atoms with Gasteiger partial charge in [-0.3, -0.25) is 9.48 Å². The summed E-state index contributed by atoms with van der Waals surface area (Å²) in [6.45, 7) is 3.18. The molecule has 0 atom stereocenters. The topological polar surface area (TPSA) is 117 Å². The largest absolute Gasteiger partial charge is 0.741 e. The van der Waals surface area contributed by atoms with Crippen molar-refractivity contribution in [3.8, 4) is 0 Å². The highest BCUT2D eigenvalue weighted by molar-refractivity contribution is 7.86. The number of benzene rings is 1. The molecule has 0 amide bonds. The molecule has 1 heterocycles. The lowest BCUT2D eigenvalue weighted by atomic mass is 10.2. The number of carbonyl (C=O) groups excluding carboxylic acids is 1. The Morgan fingerprint density at radius 3 is 2.21 bits per heavy atom. The van der Waals surface area contributed by atoms with Gasteiger partial charge in [-0.25, -0.2) is 13.2 Å². The number of esters is 1. The molecule has 15 heteroatoms. The third kappa shape index (κ3) is 10.5. The zero-order valence-corrected chi connectivity index (χ0v) is 20.9. The molecular weight excluding hydrogens is 501 g/mol. The first-order valence-electron chi connectivity index (χ1n) is 10.1. The van der Waals surface area contributed by atoms with E-state index in [9.17, 15) is 18.0 Å². The summed E-state index contributed by atoms with van der Waals surface area (Å²) in [6, 6.07) is 10.5. The summed E-state index contributed by atoms with van der Waals surface area (Å²) in [7, 11) is -3.71. The van der Waals surface area contributed by atoms with Crippen molar-refractivity contribution in [3.63, 3.8) is 0 Å². The fourth-order valence-corrected chi connectivity index (χ4v) is 4.60. The standard InChI is InChI=1S/C18H29N2O5Si.CHF3O3S/c1-22-26(23-2,24-3)13-7-10-19-11-12-20(16-19)14-18(21)25-15-17-8-5-4-6-9-17;2-1(3,4)8(5,6)7/h4-6,8-9,16H,7,10-15H2,1-3H3;(H,5,6,7)/q+1;/p-1. The van der Waals surface area contributed by atoms with Gasteiger partial charge >= 0.3 is 20.3 Å². The van der Waals surface area contributed by atoms with Gasteiger partial charge in [-0.1, -0.05) is 30.3 Å². The number of hydrogen-bond acceptors (Lipinski definition) is 9. The average Bonchev–Trinajstić information content (AvgIpc) is 3.22. The number of halogens is 3. The molecule has 0 fully saturated rings. The number of ether oxygens (including phenoxy) is 1. The highest BCUT2D eigenvalue weighted by Crippen LogP contribution is 2.20. The van der Waals surface area contributed by atoms with Crippen molar-refractivity contribution in [2.45, 2.75) is 24.6 Å². The maximum atomic E-state index is 12.0. The summed E-state index contributed by atoms with van der Waals surface area (Å²) >= 11 is 0. The Kier molecular flexibility index (Phi) is 12.1. The molecule has 34 heavy (non-hydrogen) atoms. The molecule has 194 valence electrons. The monoisotopic (exact) mass is 530 g/mol. The molecule has 2 rings (SSSR count). The molecule has 0 aliphatic carbocycles. The van der Waals surface area contributed by atoms with Gasteiger partial charge in [-0.05, 0) is 12.0 Å². The molecule has 0 aromatic heterocycles. The van der Waals surface area contributed by atoms with Crippen LogP contribution in [0.15, 0.2) is 30.3 Å². The second kappa shape index (κ2) is 13.7. The molecule has 10 nitrogen and oxygen atoms in total. The van der Waals surface area contributed by atoms with E-state index in [1.165, 1.54) is 0 Å². The molecule has 0 radical (unpaired) electrons. The van der Waals surface area contributed by atoms with Gasteiger partial charge in [-0.15, -0.1) is 0 Å². The summed E-state index contributed by atoms with van der Waals surface area (Å²) in [5.74, 6) is -0.212. The molecule has 0 saturated heterocycles. The highest BCUT2D eigenvalue weighted by Gasteiger charge is 2.38. The summed E-state index contributed by atoms with van der Waals surface area (Å²) in [5, 5.41) is 0. The van der Waals surface area contributed by atoms with Gasteiger partial charge < -0.3 is 22.6 Å². The Morgan fingerprint density at radius 2 is 1.71 bits per heavy atom. The predicted octanol–water partition coefficient (Wildman–Crippen LogP) is 1.41. The van der Waals surface area contributed by atoms with E-state index in [1.54, 1.807) is 21.3 Å². The molecule has 0 spiro atoms. The SMILES string of the molecule is CO[Si](CCCN1C=[N+](CC(=O)OCc2ccccc2)CC1)(OC)OC.O=S(=O)([O-])C(F)(F)F. The smallest absolute Gasteiger partial charge is 0.500 e. The summed E-state index contributed by atoms with van der Waals surface area (Å²) in [6.07, 6.45) is 2.91. The van der Waals surface area contributed by atoms with Crippen molar-refractivity contribution in [1.29, 1.82) is 0 Å². The van der Waals surface area contributed by atoms with E-state index in [0.29, 0.717) is 6.61 Å². The van der Waals surface area contributed by atoms with Crippen molar-refractivity contribution < 1.29 is 53.5 Å². The number of carbonyl (C=O) groups is 1. The van der Waals surface area contributed by atoms with Crippen LogP contribution in [-0.4, -0.2) is 96.6 Å². The van der Waals surface area contributed by atoms with Crippen LogP contribution < -0.4 is 0 Å². The minimum Gasteiger partial charge on any atom is -0.741 e. The Balaban J connectivity index is 0.000000620. The second-order valence-electron chi connectivity index (χ2n) is 7.07. The van der Waals surface area contributed by atoms with Gasteiger partial charge in [0.15, 0.2) is 16.7 Å². The molecule has 1 aromatic carbocycles. The second-order valence-corrected chi connectivity index (χ2v) is 11.5. The molecule has 1 aliphatic rings. The Bertz CT molecular complexity index is 888. The molecular formula is C19H29F3N2O8SSi. The third-order valence-corrected chi connectivity index (χ3v) is 8.12. The van der Waals surface area contributed by atoms with E-state index in [4.69, 9.17) is 31.0 Å². The Labute approximate surface area is 198 Å². The van der Waals surface area contributed by atoms with Gasteiger partial charge in [0.05, 0.1) is 6.54 Å². The number of rotatable bonds is 11. The first-order chi connectivity index (χ1) is 15.9. The first kappa shape index (κ1) is 30.0.